The van der Waals surface area contributed by atoms with Crippen molar-refractivity contribution in [2.24, 2.45) is 0 Å². The Kier molecular flexibility index (Phi) is 6.94. The minimum atomic E-state index is -0.604. The van der Waals surface area contributed by atoms with Crippen molar-refractivity contribution in [3.05, 3.63) is 43.5 Å². The lowest BCUT2D eigenvalue weighted by molar-refractivity contribution is -0.385. The standard InChI is InChI=1S/C18H20Cl2N4O4S/c1-10(2)23-5-3-11(4-6-23)22-17(25)15-7-14(24(26)27)18(29-15)28-16-12(19)8-21-9-13(16)20/h7-11H,3-6H2,1-2H3,(H,22,25). The number of piperidine rings is 1. The summed E-state index contributed by atoms with van der Waals surface area (Å²) >= 11 is 12.9. The van der Waals surface area contributed by atoms with Crippen LogP contribution >= 0.6 is 34.5 Å². The third-order valence-corrected chi connectivity index (χ3v) is 6.24. The highest BCUT2D eigenvalue weighted by atomic mass is 35.5. The smallest absolute Gasteiger partial charge is 0.323 e. The van der Waals surface area contributed by atoms with E-state index in [0.717, 1.165) is 37.3 Å². The summed E-state index contributed by atoms with van der Waals surface area (Å²) in [5.41, 5.74) is -0.321. The van der Waals surface area contributed by atoms with Crippen LogP contribution in [0.2, 0.25) is 10.0 Å². The first-order valence-electron chi connectivity index (χ1n) is 9.06. The molecular weight excluding hydrogens is 439 g/mol. The van der Waals surface area contributed by atoms with Crippen LogP contribution in [0.3, 0.4) is 0 Å². The van der Waals surface area contributed by atoms with E-state index in [1.807, 2.05) is 0 Å². The van der Waals surface area contributed by atoms with Crippen LogP contribution in [0.15, 0.2) is 18.5 Å². The molecule has 1 amide bonds. The molecule has 1 saturated heterocycles. The summed E-state index contributed by atoms with van der Waals surface area (Å²) in [5.74, 6) is -0.302. The van der Waals surface area contributed by atoms with E-state index in [9.17, 15) is 14.9 Å². The van der Waals surface area contributed by atoms with Gasteiger partial charge in [-0.3, -0.25) is 19.9 Å². The fourth-order valence-electron chi connectivity index (χ4n) is 3.08. The van der Waals surface area contributed by atoms with E-state index < -0.39 is 4.92 Å². The Labute approximate surface area is 181 Å². The van der Waals surface area contributed by atoms with Crippen LogP contribution in [-0.4, -0.2) is 45.9 Å². The van der Waals surface area contributed by atoms with Crippen LogP contribution in [0.25, 0.3) is 0 Å². The monoisotopic (exact) mass is 458 g/mol. The number of nitro groups is 1. The summed E-state index contributed by atoms with van der Waals surface area (Å²) in [7, 11) is 0. The highest BCUT2D eigenvalue weighted by molar-refractivity contribution is 7.16. The molecule has 0 unspecified atom stereocenters. The molecule has 29 heavy (non-hydrogen) atoms. The maximum absolute atomic E-state index is 12.6. The maximum Gasteiger partial charge on any atom is 0.323 e. The van der Waals surface area contributed by atoms with Gasteiger partial charge in [-0.2, -0.15) is 0 Å². The first-order valence-corrected chi connectivity index (χ1v) is 10.6. The van der Waals surface area contributed by atoms with Crippen molar-refractivity contribution < 1.29 is 14.5 Å². The Balaban J connectivity index is 1.74. The van der Waals surface area contributed by atoms with Gasteiger partial charge in [-0.25, -0.2) is 0 Å². The molecule has 156 valence electrons. The summed E-state index contributed by atoms with van der Waals surface area (Å²) in [5, 5.41) is 14.6. The van der Waals surface area contributed by atoms with Gasteiger partial charge >= 0.3 is 5.69 Å². The van der Waals surface area contributed by atoms with E-state index in [4.69, 9.17) is 27.9 Å². The Hall–Kier alpha value is -1.94. The van der Waals surface area contributed by atoms with Gasteiger partial charge in [0, 0.05) is 43.6 Å². The van der Waals surface area contributed by atoms with Gasteiger partial charge in [0.25, 0.3) is 11.0 Å². The second-order valence-corrected chi connectivity index (χ2v) is 8.78. The molecule has 0 saturated carbocycles. The quantitative estimate of drug-likeness (QED) is 0.495. The molecule has 3 heterocycles. The minimum Gasteiger partial charge on any atom is -0.437 e. The van der Waals surface area contributed by atoms with Gasteiger partial charge in [-0.15, -0.1) is 0 Å². The van der Waals surface area contributed by atoms with Crippen LogP contribution in [0.4, 0.5) is 5.69 Å². The van der Waals surface area contributed by atoms with Gasteiger partial charge in [0.1, 0.15) is 14.9 Å². The number of hydrogen-bond acceptors (Lipinski definition) is 7. The third kappa shape index (κ3) is 5.16. The minimum absolute atomic E-state index is 0.0344. The molecule has 1 N–H and O–H groups in total. The number of carbonyl (C=O) groups is 1. The second-order valence-electron chi connectivity index (χ2n) is 6.95. The molecule has 2 aromatic heterocycles. The molecule has 8 nitrogen and oxygen atoms in total. The first kappa shape index (κ1) is 21.8. The molecule has 1 aliphatic rings. The molecule has 0 aliphatic carbocycles. The number of thiophene rings is 1. The summed E-state index contributed by atoms with van der Waals surface area (Å²) in [6, 6.07) is 1.71. The number of halogens is 2. The van der Waals surface area contributed by atoms with Gasteiger partial charge < -0.3 is 15.0 Å². The van der Waals surface area contributed by atoms with Crippen molar-refractivity contribution in [1.29, 1.82) is 0 Å². The van der Waals surface area contributed by atoms with E-state index >= 15 is 0 Å². The molecule has 0 aromatic carbocycles. The number of amides is 1. The van der Waals surface area contributed by atoms with Crippen molar-refractivity contribution in [3.8, 4) is 10.8 Å². The van der Waals surface area contributed by atoms with Crippen molar-refractivity contribution in [1.82, 2.24) is 15.2 Å². The largest absolute Gasteiger partial charge is 0.437 e. The Bertz CT molecular complexity index is 893. The van der Waals surface area contributed by atoms with Gasteiger partial charge in [0.15, 0.2) is 5.75 Å². The van der Waals surface area contributed by atoms with Gasteiger partial charge in [-0.05, 0) is 26.7 Å². The number of aromatic nitrogens is 1. The van der Waals surface area contributed by atoms with Crippen LogP contribution in [0.1, 0.15) is 36.4 Å². The van der Waals surface area contributed by atoms with E-state index in [2.05, 4.69) is 29.0 Å². The lowest BCUT2D eigenvalue weighted by Gasteiger charge is -2.34. The predicted molar refractivity (Wildman–Crippen MR) is 113 cm³/mol. The lowest BCUT2D eigenvalue weighted by Crippen LogP contribution is -2.46. The number of rotatable bonds is 6. The third-order valence-electron chi connectivity index (χ3n) is 4.70. The fourth-order valence-corrected chi connectivity index (χ4v) is 4.41. The SMILES string of the molecule is CC(C)N1CCC(NC(=O)c2cc([N+](=O)[O-])c(Oc3c(Cl)cncc3Cl)s2)CC1. The average Bonchev–Trinajstić information content (AvgIpc) is 3.10. The molecule has 0 radical (unpaired) electrons. The average molecular weight is 459 g/mol. The Morgan fingerprint density at radius 2 is 1.97 bits per heavy atom. The predicted octanol–water partition coefficient (Wildman–Crippen LogP) is 4.75. The molecule has 0 bridgehead atoms. The topological polar surface area (TPSA) is 97.6 Å². The van der Waals surface area contributed by atoms with E-state index in [-0.39, 0.29) is 43.4 Å². The zero-order chi connectivity index (χ0) is 21.1. The lowest BCUT2D eigenvalue weighted by atomic mass is 10.0. The van der Waals surface area contributed by atoms with Crippen LogP contribution in [0.5, 0.6) is 10.8 Å². The van der Waals surface area contributed by atoms with Crippen molar-refractivity contribution in [3.63, 3.8) is 0 Å². The van der Waals surface area contributed by atoms with Crippen LogP contribution in [0, 0.1) is 10.1 Å². The van der Waals surface area contributed by atoms with Crippen molar-refractivity contribution >= 4 is 46.1 Å². The molecule has 0 atom stereocenters. The zero-order valence-electron chi connectivity index (χ0n) is 15.9. The number of ether oxygens (including phenoxy) is 1. The summed E-state index contributed by atoms with van der Waals surface area (Å²) < 4.78 is 5.58. The number of nitrogens with zero attached hydrogens (tertiary/aromatic N) is 3. The normalized spacial score (nSPS) is 15.5. The van der Waals surface area contributed by atoms with Gasteiger partial charge in [0.05, 0.1) is 4.92 Å². The molecule has 0 spiro atoms. The number of hydrogen-bond donors (Lipinski definition) is 1. The highest BCUT2D eigenvalue weighted by Crippen LogP contribution is 2.43. The van der Waals surface area contributed by atoms with Gasteiger partial charge in [0.2, 0.25) is 0 Å². The molecule has 11 heteroatoms. The van der Waals surface area contributed by atoms with Crippen molar-refractivity contribution in [2.75, 3.05) is 13.1 Å². The molecule has 1 aliphatic heterocycles. The van der Waals surface area contributed by atoms with E-state index in [1.54, 1.807) is 0 Å². The Morgan fingerprint density at radius 3 is 2.52 bits per heavy atom. The van der Waals surface area contributed by atoms with Crippen LogP contribution in [-0.2, 0) is 0 Å². The summed E-state index contributed by atoms with van der Waals surface area (Å²) in [4.78, 5) is 29.8. The van der Waals surface area contributed by atoms with Crippen LogP contribution < -0.4 is 10.1 Å². The van der Waals surface area contributed by atoms with Crippen molar-refractivity contribution in [2.45, 2.75) is 38.8 Å². The zero-order valence-corrected chi connectivity index (χ0v) is 18.2. The van der Waals surface area contributed by atoms with Gasteiger partial charge in [-0.1, -0.05) is 34.5 Å². The molecular formula is C18H20Cl2N4O4S. The maximum atomic E-state index is 12.6. The molecule has 1 fully saturated rings. The summed E-state index contributed by atoms with van der Waals surface area (Å²) in [6.07, 6.45) is 4.31. The highest BCUT2D eigenvalue weighted by Gasteiger charge is 2.28. The first-order chi connectivity index (χ1) is 13.8. The number of carbonyl (C=O) groups excluding carboxylic acids is 1. The molecule has 3 rings (SSSR count). The number of nitrogens with one attached hydrogen (secondary N) is 1. The summed E-state index contributed by atoms with van der Waals surface area (Å²) in [6.45, 7) is 6.10. The second kappa shape index (κ2) is 9.25. The van der Waals surface area contributed by atoms with E-state index in [0.29, 0.717) is 6.04 Å². The Morgan fingerprint density at radius 1 is 1.34 bits per heavy atom. The number of likely N-dealkylation sites (tertiary alicyclic amines) is 1. The fraction of sp³-hybridized carbons (Fsp3) is 0.444. The number of pyridine rings is 1. The molecule has 2 aromatic rings. The van der Waals surface area contributed by atoms with E-state index in [1.165, 1.54) is 18.5 Å².